The third kappa shape index (κ3) is 2.65. The van der Waals surface area contributed by atoms with E-state index in [-0.39, 0.29) is 11.3 Å². The number of carboxylic acid groups (broad SMARTS) is 1. The zero-order valence-electron chi connectivity index (χ0n) is 12.0. The Kier molecular flexibility index (Phi) is 3.80. The largest absolute Gasteiger partial charge is 0.478 e. The van der Waals surface area contributed by atoms with Crippen molar-refractivity contribution in [2.24, 2.45) is 0 Å². The normalized spacial score (nSPS) is 18.5. The highest BCUT2D eigenvalue weighted by Gasteiger charge is 2.40. The Hall–Kier alpha value is -2.63. The van der Waals surface area contributed by atoms with Crippen molar-refractivity contribution >= 4 is 5.97 Å². The average molecular weight is 288 g/mol. The molecule has 6 heteroatoms. The van der Waals surface area contributed by atoms with Crippen molar-refractivity contribution in [3.05, 3.63) is 68.2 Å². The number of nitrogens with one attached hydrogen (secondary N) is 1. The van der Waals surface area contributed by atoms with Gasteiger partial charge in [-0.2, -0.15) is 0 Å². The van der Waals surface area contributed by atoms with Gasteiger partial charge in [0.05, 0.1) is 16.2 Å². The number of nitro groups is 1. The zero-order chi connectivity index (χ0) is 15.7. The summed E-state index contributed by atoms with van der Waals surface area (Å²) in [5, 5.41) is 23.6. The summed E-state index contributed by atoms with van der Waals surface area (Å²) >= 11 is 0. The van der Waals surface area contributed by atoms with E-state index in [1.165, 1.54) is 0 Å². The molecule has 0 saturated carbocycles. The van der Waals surface area contributed by atoms with E-state index < -0.39 is 16.8 Å². The van der Waals surface area contributed by atoms with Gasteiger partial charge in [-0.25, -0.2) is 4.79 Å². The lowest BCUT2D eigenvalue weighted by molar-refractivity contribution is -0.431. The Morgan fingerprint density at radius 3 is 2.24 bits per heavy atom. The Morgan fingerprint density at radius 1 is 1.19 bits per heavy atom. The molecule has 1 aromatic rings. The zero-order valence-corrected chi connectivity index (χ0v) is 12.0. The molecule has 1 heterocycles. The van der Waals surface area contributed by atoms with Crippen LogP contribution in [0.25, 0.3) is 0 Å². The minimum atomic E-state index is -1.16. The number of dihydropyridines is 1. The van der Waals surface area contributed by atoms with E-state index in [2.05, 4.69) is 5.32 Å². The minimum absolute atomic E-state index is 0.0103. The first kappa shape index (κ1) is 14.8. The van der Waals surface area contributed by atoms with Crippen LogP contribution in [0, 0.1) is 17.0 Å². The van der Waals surface area contributed by atoms with E-state index in [0.29, 0.717) is 17.0 Å². The summed E-state index contributed by atoms with van der Waals surface area (Å²) in [5.41, 5.74) is 2.29. The second kappa shape index (κ2) is 5.40. The van der Waals surface area contributed by atoms with Crippen LogP contribution >= 0.6 is 0 Å². The fourth-order valence-corrected chi connectivity index (χ4v) is 2.59. The molecule has 0 aliphatic carbocycles. The lowest BCUT2D eigenvalue weighted by Gasteiger charge is -2.25. The summed E-state index contributed by atoms with van der Waals surface area (Å²) in [4.78, 5) is 22.4. The number of hydrogen-bond donors (Lipinski definition) is 2. The van der Waals surface area contributed by atoms with Crippen molar-refractivity contribution in [2.75, 3.05) is 0 Å². The summed E-state index contributed by atoms with van der Waals surface area (Å²) in [6.07, 6.45) is 0. The number of rotatable bonds is 3. The topological polar surface area (TPSA) is 92.5 Å². The molecule has 1 aromatic carbocycles. The molecule has 1 atom stereocenters. The molecule has 1 aliphatic heterocycles. The highest BCUT2D eigenvalue weighted by Crippen LogP contribution is 2.38. The molecule has 0 amide bonds. The molecule has 0 radical (unpaired) electrons. The molecule has 1 aliphatic rings. The third-order valence-corrected chi connectivity index (χ3v) is 3.56. The van der Waals surface area contributed by atoms with Crippen LogP contribution in [-0.2, 0) is 4.79 Å². The van der Waals surface area contributed by atoms with Crippen LogP contribution in [0.5, 0.6) is 0 Å². The van der Waals surface area contributed by atoms with E-state index in [4.69, 9.17) is 0 Å². The van der Waals surface area contributed by atoms with Crippen molar-refractivity contribution in [1.82, 2.24) is 5.32 Å². The summed E-state index contributed by atoms with van der Waals surface area (Å²) in [6, 6.07) is 7.11. The van der Waals surface area contributed by atoms with Crippen molar-refractivity contribution < 1.29 is 14.8 Å². The van der Waals surface area contributed by atoms with Gasteiger partial charge in [0, 0.05) is 5.70 Å². The van der Waals surface area contributed by atoms with Gasteiger partial charge in [0.25, 0.3) is 5.70 Å². The highest BCUT2D eigenvalue weighted by molar-refractivity contribution is 5.90. The number of aliphatic carboxylic acids is 1. The van der Waals surface area contributed by atoms with E-state index in [9.17, 15) is 20.0 Å². The van der Waals surface area contributed by atoms with Gasteiger partial charge in [-0.15, -0.1) is 0 Å². The van der Waals surface area contributed by atoms with E-state index in [1.807, 2.05) is 19.1 Å². The fraction of sp³-hybridized carbons (Fsp3) is 0.267. The van der Waals surface area contributed by atoms with Crippen LogP contribution < -0.4 is 5.32 Å². The van der Waals surface area contributed by atoms with Crippen LogP contribution in [-0.4, -0.2) is 16.0 Å². The van der Waals surface area contributed by atoms with Gasteiger partial charge in [0.2, 0.25) is 0 Å². The van der Waals surface area contributed by atoms with Gasteiger partial charge >= 0.3 is 5.97 Å². The van der Waals surface area contributed by atoms with Gasteiger partial charge in [-0.1, -0.05) is 29.8 Å². The maximum absolute atomic E-state index is 11.5. The minimum Gasteiger partial charge on any atom is -0.478 e. The Labute approximate surface area is 121 Å². The van der Waals surface area contributed by atoms with Gasteiger partial charge in [0.1, 0.15) is 5.92 Å². The van der Waals surface area contributed by atoms with Crippen molar-refractivity contribution in [3.63, 3.8) is 0 Å². The molecule has 0 saturated heterocycles. The van der Waals surface area contributed by atoms with Gasteiger partial charge in [-0.3, -0.25) is 10.1 Å². The molecule has 2 rings (SSSR count). The van der Waals surface area contributed by atoms with Gasteiger partial charge in [0.15, 0.2) is 0 Å². The second-order valence-electron chi connectivity index (χ2n) is 5.08. The number of carbonyl (C=O) groups is 1. The van der Waals surface area contributed by atoms with Crippen LogP contribution in [0.4, 0.5) is 0 Å². The molecular formula is C15H16N2O4. The van der Waals surface area contributed by atoms with Crippen LogP contribution in [0.2, 0.25) is 0 Å². The molecule has 0 aromatic heterocycles. The lowest BCUT2D eigenvalue weighted by Crippen LogP contribution is -2.30. The van der Waals surface area contributed by atoms with Crippen LogP contribution in [0.3, 0.4) is 0 Å². The van der Waals surface area contributed by atoms with E-state index in [0.717, 1.165) is 5.56 Å². The highest BCUT2D eigenvalue weighted by atomic mass is 16.6. The molecule has 0 spiro atoms. The number of nitrogens with zero attached hydrogens (tertiary/aromatic N) is 1. The van der Waals surface area contributed by atoms with Gasteiger partial charge < -0.3 is 10.4 Å². The molecule has 0 bridgehead atoms. The number of benzene rings is 1. The average Bonchev–Trinajstić information content (AvgIpc) is 2.37. The van der Waals surface area contributed by atoms with Crippen molar-refractivity contribution in [3.8, 4) is 0 Å². The van der Waals surface area contributed by atoms with E-state index in [1.54, 1.807) is 26.0 Å². The first-order valence-electron chi connectivity index (χ1n) is 6.45. The van der Waals surface area contributed by atoms with E-state index >= 15 is 0 Å². The molecule has 6 nitrogen and oxygen atoms in total. The third-order valence-electron chi connectivity index (χ3n) is 3.56. The molecule has 110 valence electrons. The summed E-state index contributed by atoms with van der Waals surface area (Å²) in [7, 11) is 0. The van der Waals surface area contributed by atoms with Crippen molar-refractivity contribution in [1.29, 1.82) is 0 Å². The van der Waals surface area contributed by atoms with Crippen LogP contribution in [0.15, 0.2) is 46.9 Å². The van der Waals surface area contributed by atoms with Crippen molar-refractivity contribution in [2.45, 2.75) is 26.7 Å². The monoisotopic (exact) mass is 288 g/mol. The molecule has 2 N–H and O–H groups in total. The standard InChI is InChI=1S/C15H16N2O4/c1-8-4-6-11(7-5-8)13-12(15(18)19)9(2)16-10(3)14(13)17(20)21/h4-7,13,16H,1-3H3,(H,18,19). The predicted octanol–water partition coefficient (Wildman–Crippen LogP) is 2.55. The number of carboxylic acids is 1. The summed E-state index contributed by atoms with van der Waals surface area (Å²) < 4.78 is 0. The Bertz CT molecular complexity index is 635. The Balaban J connectivity index is 2.67. The molecule has 1 unspecified atom stereocenters. The number of allylic oxidation sites excluding steroid dienone is 3. The quantitative estimate of drug-likeness (QED) is 0.658. The summed E-state index contributed by atoms with van der Waals surface area (Å²) in [5.74, 6) is -2.03. The molecule has 0 fully saturated rings. The Morgan fingerprint density at radius 2 is 1.76 bits per heavy atom. The smallest absolute Gasteiger partial charge is 0.334 e. The predicted molar refractivity (Wildman–Crippen MR) is 77.1 cm³/mol. The van der Waals surface area contributed by atoms with Gasteiger partial charge in [-0.05, 0) is 26.3 Å². The fourth-order valence-electron chi connectivity index (χ4n) is 2.59. The first-order valence-corrected chi connectivity index (χ1v) is 6.45. The maximum atomic E-state index is 11.5. The SMILES string of the molecule is CC1=C(C(=O)O)C(c2ccc(C)cc2)C([N+](=O)[O-])=C(C)N1. The lowest BCUT2D eigenvalue weighted by atomic mass is 9.84. The number of aryl methyl sites for hydroxylation is 1. The maximum Gasteiger partial charge on any atom is 0.334 e. The first-order chi connectivity index (χ1) is 9.82. The number of hydrogen-bond acceptors (Lipinski definition) is 4. The summed E-state index contributed by atoms with van der Waals surface area (Å²) in [6.45, 7) is 5.10. The molecular weight excluding hydrogens is 272 g/mol. The second-order valence-corrected chi connectivity index (χ2v) is 5.08. The van der Waals surface area contributed by atoms with Crippen LogP contribution in [0.1, 0.15) is 30.9 Å². The molecule has 21 heavy (non-hydrogen) atoms.